The van der Waals surface area contributed by atoms with Crippen molar-refractivity contribution in [1.82, 2.24) is 0 Å². The zero-order chi connectivity index (χ0) is 7.94. The second-order valence-electron chi connectivity index (χ2n) is 3.40. The van der Waals surface area contributed by atoms with Crippen LogP contribution in [0, 0.1) is 17.3 Å². The van der Waals surface area contributed by atoms with Crippen molar-refractivity contribution in [2.45, 2.75) is 13.8 Å². The molecule has 0 aromatic rings. The van der Waals surface area contributed by atoms with Crippen LogP contribution >= 0.6 is 0 Å². The number of hydrogen-bond donors (Lipinski definition) is 1. The zero-order valence-electron chi connectivity index (χ0n) is 6.10. The average molecular weight is 146 g/mol. The number of carbonyl (C=O) groups is 1. The molecule has 0 amide bonds. The van der Waals surface area contributed by atoms with Crippen molar-refractivity contribution in [2.24, 2.45) is 17.3 Å². The van der Waals surface area contributed by atoms with Gasteiger partial charge in [-0.15, -0.1) is 0 Å². The number of rotatable bonds is 2. The SMILES string of the molecule is CC1(C)[C@@H](CF)[C@@H]1C(=O)O. The highest BCUT2D eigenvalue weighted by Crippen LogP contribution is 2.58. The third-order valence-corrected chi connectivity index (χ3v) is 2.48. The van der Waals surface area contributed by atoms with Gasteiger partial charge in [0.1, 0.15) is 0 Å². The van der Waals surface area contributed by atoms with Gasteiger partial charge in [-0.25, -0.2) is 0 Å². The molecular formula is C7H11FO2. The lowest BCUT2D eigenvalue weighted by Gasteiger charge is -1.95. The summed E-state index contributed by atoms with van der Waals surface area (Å²) in [5, 5.41) is 8.52. The summed E-state index contributed by atoms with van der Waals surface area (Å²) in [5.74, 6) is -1.59. The van der Waals surface area contributed by atoms with Gasteiger partial charge in [-0.3, -0.25) is 9.18 Å². The lowest BCUT2D eigenvalue weighted by Crippen LogP contribution is -2.03. The molecule has 1 aliphatic carbocycles. The number of halogens is 1. The fraction of sp³-hybridized carbons (Fsp3) is 0.857. The molecule has 1 fully saturated rings. The smallest absolute Gasteiger partial charge is 0.307 e. The highest BCUT2D eigenvalue weighted by molar-refractivity contribution is 5.75. The molecule has 1 N–H and O–H groups in total. The molecule has 0 saturated heterocycles. The second kappa shape index (κ2) is 1.94. The molecular weight excluding hydrogens is 135 g/mol. The Balaban J connectivity index is 2.61. The molecule has 0 aliphatic heterocycles. The fourth-order valence-electron chi connectivity index (χ4n) is 1.52. The molecule has 0 bridgehead atoms. The van der Waals surface area contributed by atoms with Crippen LogP contribution in [0.4, 0.5) is 4.39 Å². The molecule has 2 atom stereocenters. The first-order chi connectivity index (χ1) is 4.51. The van der Waals surface area contributed by atoms with Gasteiger partial charge in [0.05, 0.1) is 12.6 Å². The van der Waals surface area contributed by atoms with Gasteiger partial charge in [0.2, 0.25) is 0 Å². The maximum atomic E-state index is 12.0. The van der Waals surface area contributed by atoms with E-state index in [4.69, 9.17) is 5.11 Å². The van der Waals surface area contributed by atoms with Crippen molar-refractivity contribution in [1.29, 1.82) is 0 Å². The Kier molecular flexibility index (Phi) is 1.46. The molecule has 1 saturated carbocycles. The monoisotopic (exact) mass is 146 g/mol. The van der Waals surface area contributed by atoms with Crippen LogP contribution in [-0.4, -0.2) is 17.8 Å². The summed E-state index contributed by atoms with van der Waals surface area (Å²) < 4.78 is 12.0. The lowest BCUT2D eigenvalue weighted by atomic mass is 10.1. The average Bonchev–Trinajstić information content (AvgIpc) is 2.33. The van der Waals surface area contributed by atoms with Gasteiger partial charge < -0.3 is 5.11 Å². The van der Waals surface area contributed by atoms with E-state index in [-0.39, 0.29) is 11.3 Å². The van der Waals surface area contributed by atoms with Crippen LogP contribution in [0.2, 0.25) is 0 Å². The predicted octanol–water partition coefficient (Wildman–Crippen LogP) is 1.31. The number of carboxylic acids is 1. The molecule has 1 aliphatic rings. The van der Waals surface area contributed by atoms with Crippen molar-refractivity contribution in [3.63, 3.8) is 0 Å². The minimum atomic E-state index is -0.868. The molecule has 0 spiro atoms. The first kappa shape index (κ1) is 7.51. The van der Waals surface area contributed by atoms with Gasteiger partial charge in [0, 0.05) is 5.92 Å². The van der Waals surface area contributed by atoms with Crippen LogP contribution in [0.3, 0.4) is 0 Å². The van der Waals surface area contributed by atoms with Gasteiger partial charge in [0.25, 0.3) is 0 Å². The maximum absolute atomic E-state index is 12.0. The Morgan fingerprint density at radius 1 is 1.70 bits per heavy atom. The van der Waals surface area contributed by atoms with Crippen molar-refractivity contribution in [3.05, 3.63) is 0 Å². The summed E-state index contributed by atoms with van der Waals surface area (Å²) in [4.78, 5) is 10.4. The summed E-state index contributed by atoms with van der Waals surface area (Å²) in [6, 6.07) is 0. The van der Waals surface area contributed by atoms with Crippen molar-refractivity contribution in [2.75, 3.05) is 6.67 Å². The van der Waals surface area contributed by atoms with Crippen molar-refractivity contribution < 1.29 is 14.3 Å². The van der Waals surface area contributed by atoms with Crippen LogP contribution in [-0.2, 0) is 4.79 Å². The van der Waals surface area contributed by atoms with Crippen molar-refractivity contribution in [3.8, 4) is 0 Å². The van der Waals surface area contributed by atoms with E-state index in [1.165, 1.54) is 0 Å². The molecule has 1 rings (SSSR count). The van der Waals surface area contributed by atoms with Gasteiger partial charge in [0.15, 0.2) is 0 Å². The summed E-state index contributed by atoms with van der Waals surface area (Å²) >= 11 is 0. The predicted molar refractivity (Wildman–Crippen MR) is 34.4 cm³/mol. The normalized spacial score (nSPS) is 35.5. The van der Waals surface area contributed by atoms with E-state index in [1.54, 1.807) is 13.8 Å². The van der Waals surface area contributed by atoms with E-state index in [1.807, 2.05) is 0 Å². The van der Waals surface area contributed by atoms with E-state index in [9.17, 15) is 9.18 Å². The second-order valence-corrected chi connectivity index (χ2v) is 3.40. The van der Waals surface area contributed by atoms with E-state index >= 15 is 0 Å². The lowest BCUT2D eigenvalue weighted by molar-refractivity contribution is -0.139. The fourth-order valence-corrected chi connectivity index (χ4v) is 1.52. The Hall–Kier alpha value is -0.600. The number of hydrogen-bond acceptors (Lipinski definition) is 1. The van der Waals surface area contributed by atoms with E-state index in [0.29, 0.717) is 0 Å². The molecule has 0 aromatic heterocycles. The standard InChI is InChI=1S/C7H11FO2/c1-7(2)4(3-8)5(7)6(9)10/h4-5H,3H2,1-2H3,(H,9,10)/t4-,5+/m0/s1. The number of aliphatic carboxylic acids is 1. The summed E-state index contributed by atoms with van der Waals surface area (Å²) in [5.41, 5.74) is -0.319. The number of carboxylic acid groups (broad SMARTS) is 1. The van der Waals surface area contributed by atoms with E-state index in [2.05, 4.69) is 0 Å². The largest absolute Gasteiger partial charge is 0.481 e. The number of alkyl halides is 1. The molecule has 0 heterocycles. The third-order valence-electron chi connectivity index (χ3n) is 2.48. The molecule has 3 heteroatoms. The highest BCUT2D eigenvalue weighted by Gasteiger charge is 2.62. The maximum Gasteiger partial charge on any atom is 0.307 e. The summed E-state index contributed by atoms with van der Waals surface area (Å²) in [6.07, 6.45) is 0. The zero-order valence-corrected chi connectivity index (χ0v) is 6.10. The molecule has 10 heavy (non-hydrogen) atoms. The minimum Gasteiger partial charge on any atom is -0.481 e. The van der Waals surface area contributed by atoms with Crippen LogP contribution in [0.15, 0.2) is 0 Å². The molecule has 0 unspecified atom stereocenters. The molecule has 0 aromatic carbocycles. The summed E-state index contributed by atoms with van der Waals surface area (Å²) in [6.45, 7) is 3.07. The van der Waals surface area contributed by atoms with Crippen LogP contribution in [0.5, 0.6) is 0 Å². The van der Waals surface area contributed by atoms with Crippen LogP contribution in [0.25, 0.3) is 0 Å². The third kappa shape index (κ3) is 0.805. The Bertz CT molecular complexity index is 165. The van der Waals surface area contributed by atoms with E-state index < -0.39 is 18.6 Å². The Morgan fingerprint density at radius 3 is 2.30 bits per heavy atom. The first-order valence-corrected chi connectivity index (χ1v) is 3.30. The molecule has 58 valence electrons. The highest BCUT2D eigenvalue weighted by atomic mass is 19.1. The molecule has 2 nitrogen and oxygen atoms in total. The molecule has 0 radical (unpaired) electrons. The minimum absolute atomic E-state index is 0.259. The van der Waals surface area contributed by atoms with Gasteiger partial charge >= 0.3 is 5.97 Å². The van der Waals surface area contributed by atoms with Gasteiger partial charge in [-0.1, -0.05) is 13.8 Å². The van der Waals surface area contributed by atoms with Crippen LogP contribution < -0.4 is 0 Å². The van der Waals surface area contributed by atoms with E-state index in [0.717, 1.165) is 0 Å². The van der Waals surface area contributed by atoms with Gasteiger partial charge in [-0.05, 0) is 5.41 Å². The summed E-state index contributed by atoms with van der Waals surface area (Å²) in [7, 11) is 0. The Labute approximate surface area is 59.0 Å². The Morgan fingerprint density at radius 2 is 2.20 bits per heavy atom. The van der Waals surface area contributed by atoms with Crippen LogP contribution in [0.1, 0.15) is 13.8 Å². The quantitative estimate of drug-likeness (QED) is 0.637. The topological polar surface area (TPSA) is 37.3 Å². The van der Waals surface area contributed by atoms with Gasteiger partial charge in [-0.2, -0.15) is 0 Å². The first-order valence-electron chi connectivity index (χ1n) is 3.30. The van der Waals surface area contributed by atoms with Crippen molar-refractivity contribution >= 4 is 5.97 Å².